The van der Waals surface area contributed by atoms with Gasteiger partial charge in [-0.2, -0.15) is 5.26 Å². The molecule has 0 aliphatic rings. The second-order valence-corrected chi connectivity index (χ2v) is 6.87. The van der Waals surface area contributed by atoms with Crippen molar-refractivity contribution in [2.45, 2.75) is 13.0 Å². The molecular formula is C19H13N3O5S. The van der Waals surface area contributed by atoms with Gasteiger partial charge in [0.05, 0.1) is 16.2 Å². The smallest absolute Gasteiger partial charge is 0.349 e. The van der Waals surface area contributed by atoms with Gasteiger partial charge in [0.25, 0.3) is 11.6 Å². The van der Waals surface area contributed by atoms with E-state index in [0.29, 0.717) is 21.3 Å². The second-order valence-electron chi connectivity index (χ2n) is 5.78. The van der Waals surface area contributed by atoms with E-state index >= 15 is 0 Å². The van der Waals surface area contributed by atoms with Crippen LogP contribution in [0.25, 0.3) is 10.1 Å². The highest BCUT2D eigenvalue weighted by Gasteiger charge is 2.21. The molecule has 0 aliphatic heterocycles. The number of para-hydroxylation sites is 1. The molecule has 0 spiro atoms. The van der Waals surface area contributed by atoms with Crippen molar-refractivity contribution < 1.29 is 19.2 Å². The summed E-state index contributed by atoms with van der Waals surface area (Å²) in [5.41, 5.74) is 0.543. The number of nitro benzene ring substituents is 1. The number of hydrogen-bond donors (Lipinski definition) is 1. The summed E-state index contributed by atoms with van der Waals surface area (Å²) in [5, 5.41) is 23.0. The van der Waals surface area contributed by atoms with Crippen molar-refractivity contribution in [1.82, 2.24) is 0 Å². The van der Waals surface area contributed by atoms with E-state index in [-0.39, 0.29) is 10.6 Å². The van der Waals surface area contributed by atoms with Crippen molar-refractivity contribution in [3.8, 4) is 6.07 Å². The largest absolute Gasteiger partial charge is 0.448 e. The summed E-state index contributed by atoms with van der Waals surface area (Å²) in [6.07, 6.45) is -1.10. The zero-order valence-electron chi connectivity index (χ0n) is 14.5. The van der Waals surface area contributed by atoms with Crippen molar-refractivity contribution in [3.05, 3.63) is 69.1 Å². The summed E-state index contributed by atoms with van der Waals surface area (Å²) in [6, 6.07) is 14.2. The Morgan fingerprint density at radius 1 is 1.25 bits per heavy atom. The number of nitriles is 1. The maximum atomic E-state index is 12.3. The summed E-state index contributed by atoms with van der Waals surface area (Å²) < 4.78 is 5.89. The fourth-order valence-corrected chi connectivity index (χ4v) is 3.37. The number of carbonyl (C=O) groups excluding carboxylic acids is 2. The third-order valence-corrected chi connectivity index (χ3v) is 4.97. The number of nitro groups is 1. The summed E-state index contributed by atoms with van der Waals surface area (Å²) in [4.78, 5) is 35.2. The van der Waals surface area contributed by atoms with Crippen LogP contribution < -0.4 is 5.32 Å². The quantitative estimate of drug-likeness (QED) is 0.397. The van der Waals surface area contributed by atoms with Gasteiger partial charge in [-0.05, 0) is 31.2 Å². The molecule has 140 valence electrons. The average molecular weight is 395 g/mol. The Morgan fingerprint density at radius 3 is 2.71 bits per heavy atom. The van der Waals surface area contributed by atoms with E-state index in [2.05, 4.69) is 5.32 Å². The molecule has 8 nitrogen and oxygen atoms in total. The molecule has 0 radical (unpaired) electrons. The number of rotatable bonds is 5. The minimum atomic E-state index is -1.10. The lowest BCUT2D eigenvalue weighted by atomic mass is 10.2. The lowest BCUT2D eigenvalue weighted by Crippen LogP contribution is -2.30. The second kappa shape index (κ2) is 7.85. The molecule has 1 aromatic heterocycles. The zero-order chi connectivity index (χ0) is 20.3. The van der Waals surface area contributed by atoms with Crippen molar-refractivity contribution in [3.63, 3.8) is 0 Å². The molecule has 28 heavy (non-hydrogen) atoms. The molecule has 1 heterocycles. The first-order chi connectivity index (χ1) is 13.4. The summed E-state index contributed by atoms with van der Waals surface area (Å²) in [5.74, 6) is -1.28. The number of ether oxygens (including phenoxy) is 1. The Hall–Kier alpha value is -3.77. The van der Waals surface area contributed by atoms with Gasteiger partial charge in [0.15, 0.2) is 6.10 Å². The fraction of sp³-hybridized carbons (Fsp3) is 0.105. The first-order valence-corrected chi connectivity index (χ1v) is 8.89. The molecule has 0 aliphatic carbocycles. The summed E-state index contributed by atoms with van der Waals surface area (Å²) in [7, 11) is 0. The van der Waals surface area contributed by atoms with E-state index in [9.17, 15) is 19.7 Å². The highest BCUT2D eigenvalue weighted by atomic mass is 32.1. The zero-order valence-corrected chi connectivity index (χ0v) is 15.4. The number of amides is 1. The van der Waals surface area contributed by atoms with E-state index in [1.165, 1.54) is 25.1 Å². The fourth-order valence-electron chi connectivity index (χ4n) is 2.44. The first-order valence-electron chi connectivity index (χ1n) is 8.08. The van der Waals surface area contributed by atoms with Crippen molar-refractivity contribution >= 4 is 44.7 Å². The van der Waals surface area contributed by atoms with Crippen LogP contribution in [-0.2, 0) is 9.53 Å². The van der Waals surface area contributed by atoms with Gasteiger partial charge >= 0.3 is 5.97 Å². The number of non-ortho nitro benzene ring substituents is 1. The Balaban J connectivity index is 1.71. The molecule has 3 aromatic rings. The van der Waals surface area contributed by atoms with E-state index in [0.717, 1.165) is 11.3 Å². The molecule has 1 N–H and O–H groups in total. The molecule has 0 bridgehead atoms. The minimum absolute atomic E-state index is 0.0749. The Bertz CT molecular complexity index is 1130. The van der Waals surface area contributed by atoms with Gasteiger partial charge in [-0.1, -0.05) is 12.1 Å². The first kappa shape index (κ1) is 19.0. The number of fused-ring (bicyclic) bond motifs is 1. The normalized spacial score (nSPS) is 11.4. The third kappa shape index (κ3) is 3.97. The van der Waals surface area contributed by atoms with Gasteiger partial charge in [-0.25, -0.2) is 4.79 Å². The van der Waals surface area contributed by atoms with E-state index in [4.69, 9.17) is 10.00 Å². The predicted octanol–water partition coefficient (Wildman–Crippen LogP) is 3.87. The van der Waals surface area contributed by atoms with Crippen LogP contribution in [0.2, 0.25) is 0 Å². The highest BCUT2D eigenvalue weighted by molar-refractivity contribution is 7.20. The van der Waals surface area contributed by atoms with Crippen LogP contribution in [0, 0.1) is 21.4 Å². The van der Waals surface area contributed by atoms with Gasteiger partial charge in [0, 0.05) is 22.2 Å². The maximum Gasteiger partial charge on any atom is 0.349 e. The Labute approximate surface area is 163 Å². The van der Waals surface area contributed by atoms with Crippen LogP contribution in [0.15, 0.2) is 48.5 Å². The molecule has 1 amide bonds. The van der Waals surface area contributed by atoms with Crippen LogP contribution >= 0.6 is 11.3 Å². The number of carbonyl (C=O) groups is 2. The van der Waals surface area contributed by atoms with Gasteiger partial charge < -0.3 is 10.1 Å². The molecule has 0 saturated carbocycles. The van der Waals surface area contributed by atoms with Crippen molar-refractivity contribution in [2.24, 2.45) is 0 Å². The number of hydrogen-bond acceptors (Lipinski definition) is 7. The maximum absolute atomic E-state index is 12.3. The Morgan fingerprint density at radius 2 is 2.00 bits per heavy atom. The molecule has 1 unspecified atom stereocenters. The monoisotopic (exact) mass is 395 g/mol. The van der Waals surface area contributed by atoms with E-state index in [1.54, 1.807) is 30.3 Å². The standard InChI is InChI=1S/C19H13N3O5S/c1-11(18(23)21-15-5-3-2-4-12(15)10-20)27-19(24)17-9-13-8-14(22(25)26)6-7-16(13)28-17/h2-9,11H,1H3,(H,21,23). The number of benzene rings is 2. The highest BCUT2D eigenvalue weighted by Crippen LogP contribution is 2.29. The molecule has 9 heteroatoms. The lowest BCUT2D eigenvalue weighted by molar-refractivity contribution is -0.384. The SMILES string of the molecule is CC(OC(=O)c1cc2cc([N+](=O)[O-])ccc2s1)C(=O)Nc1ccccc1C#N. The third-order valence-electron chi connectivity index (χ3n) is 3.87. The van der Waals surface area contributed by atoms with Crippen LogP contribution in [0.5, 0.6) is 0 Å². The lowest BCUT2D eigenvalue weighted by Gasteiger charge is -2.13. The van der Waals surface area contributed by atoms with E-state index in [1.807, 2.05) is 6.07 Å². The van der Waals surface area contributed by atoms with Gasteiger partial charge in [-0.3, -0.25) is 14.9 Å². The minimum Gasteiger partial charge on any atom is -0.448 e. The van der Waals surface area contributed by atoms with E-state index < -0.39 is 22.9 Å². The predicted molar refractivity (Wildman–Crippen MR) is 103 cm³/mol. The molecule has 1 atom stereocenters. The van der Waals surface area contributed by atoms with Crippen LogP contribution in [0.1, 0.15) is 22.2 Å². The number of anilines is 1. The van der Waals surface area contributed by atoms with Gasteiger partial charge in [0.1, 0.15) is 10.9 Å². The number of esters is 1. The molecular weight excluding hydrogens is 382 g/mol. The summed E-state index contributed by atoms with van der Waals surface area (Å²) in [6.45, 7) is 1.42. The van der Waals surface area contributed by atoms with Gasteiger partial charge in [0.2, 0.25) is 0 Å². The molecule has 0 saturated heterocycles. The van der Waals surface area contributed by atoms with Gasteiger partial charge in [-0.15, -0.1) is 11.3 Å². The van der Waals surface area contributed by atoms with Crippen LogP contribution in [0.4, 0.5) is 11.4 Å². The molecule has 0 fully saturated rings. The van der Waals surface area contributed by atoms with Crippen LogP contribution in [-0.4, -0.2) is 22.9 Å². The molecule has 2 aromatic carbocycles. The Kier molecular flexibility index (Phi) is 5.33. The van der Waals surface area contributed by atoms with Crippen LogP contribution in [0.3, 0.4) is 0 Å². The summed E-state index contributed by atoms with van der Waals surface area (Å²) >= 11 is 1.12. The number of nitrogens with zero attached hydrogens (tertiary/aromatic N) is 2. The number of thiophene rings is 1. The number of nitrogens with one attached hydrogen (secondary N) is 1. The average Bonchev–Trinajstić information content (AvgIpc) is 3.11. The molecule has 3 rings (SSSR count). The van der Waals surface area contributed by atoms with Crippen molar-refractivity contribution in [2.75, 3.05) is 5.32 Å². The topological polar surface area (TPSA) is 122 Å². The van der Waals surface area contributed by atoms with Crippen molar-refractivity contribution in [1.29, 1.82) is 5.26 Å².